The smallest absolute Gasteiger partial charge is 0.322 e. The predicted octanol–water partition coefficient (Wildman–Crippen LogP) is 1.42. The van der Waals surface area contributed by atoms with Gasteiger partial charge in [0.1, 0.15) is 5.54 Å². The number of carbonyl (C=O) groups is 3. The van der Waals surface area contributed by atoms with Crippen molar-refractivity contribution in [1.29, 1.82) is 0 Å². The van der Waals surface area contributed by atoms with Crippen molar-refractivity contribution in [2.24, 2.45) is 5.92 Å². The molecule has 2 saturated heterocycles. The van der Waals surface area contributed by atoms with Crippen LogP contribution in [-0.4, -0.2) is 54.0 Å². The quantitative estimate of drug-likeness (QED) is 0.772. The third kappa shape index (κ3) is 2.84. The van der Waals surface area contributed by atoms with E-state index in [0.29, 0.717) is 25.4 Å². The van der Waals surface area contributed by atoms with E-state index in [9.17, 15) is 14.4 Å². The van der Waals surface area contributed by atoms with Gasteiger partial charge in [-0.15, -0.1) is 0 Å². The molecule has 3 aliphatic heterocycles. The fourth-order valence-electron chi connectivity index (χ4n) is 5.18. The number of aryl methyl sites for hydroxylation is 1. The minimum Gasteiger partial charge on any atom is -0.365 e. The molecule has 5 rings (SSSR count). The molecule has 0 aromatic heterocycles. The Morgan fingerprint density at radius 3 is 2.71 bits per heavy atom. The van der Waals surface area contributed by atoms with Crippen LogP contribution in [0.4, 0.5) is 10.5 Å². The number of nitrogens with zero attached hydrogens (tertiary/aromatic N) is 2. The van der Waals surface area contributed by atoms with Gasteiger partial charge >= 0.3 is 6.03 Å². The molecule has 3 fully saturated rings. The van der Waals surface area contributed by atoms with Gasteiger partial charge < -0.3 is 15.1 Å². The summed E-state index contributed by atoms with van der Waals surface area (Å²) in [6.07, 6.45) is 4.67. The minimum absolute atomic E-state index is 0.0903. The van der Waals surface area contributed by atoms with E-state index in [2.05, 4.69) is 39.8 Å². The summed E-state index contributed by atoms with van der Waals surface area (Å²) in [5.41, 5.74) is 1.83. The van der Waals surface area contributed by atoms with E-state index in [1.807, 2.05) is 4.90 Å². The first-order valence-electron chi connectivity index (χ1n) is 10.3. The normalized spacial score (nSPS) is 29.1. The molecule has 1 aromatic carbocycles. The van der Waals surface area contributed by atoms with Gasteiger partial charge in [-0.25, -0.2) is 4.79 Å². The van der Waals surface area contributed by atoms with Crippen LogP contribution in [0.1, 0.15) is 37.7 Å². The van der Waals surface area contributed by atoms with Crippen molar-refractivity contribution in [2.45, 2.75) is 50.1 Å². The molecule has 7 nitrogen and oxygen atoms in total. The third-order valence-corrected chi connectivity index (χ3v) is 6.86. The van der Waals surface area contributed by atoms with E-state index in [1.54, 1.807) is 0 Å². The predicted molar refractivity (Wildman–Crippen MR) is 104 cm³/mol. The molecule has 1 aromatic rings. The summed E-state index contributed by atoms with van der Waals surface area (Å²) in [5, 5.41) is 5.17. The molecular formula is C21H26N4O3. The van der Waals surface area contributed by atoms with E-state index in [0.717, 1.165) is 38.8 Å². The molecule has 2 atom stereocenters. The molecule has 4 aliphatic rings. The highest BCUT2D eigenvalue weighted by Gasteiger charge is 2.55. The first-order valence-corrected chi connectivity index (χ1v) is 10.3. The minimum atomic E-state index is -0.877. The van der Waals surface area contributed by atoms with E-state index in [-0.39, 0.29) is 17.7 Å². The molecule has 148 valence electrons. The lowest BCUT2D eigenvalue weighted by molar-refractivity contribution is -0.133. The van der Waals surface area contributed by atoms with Gasteiger partial charge in [0.25, 0.3) is 5.91 Å². The number of carbonyl (C=O) groups excluding carboxylic acids is 3. The fraction of sp³-hybridized carbons (Fsp3) is 0.571. The van der Waals surface area contributed by atoms with Gasteiger partial charge in [0.2, 0.25) is 5.91 Å². The molecule has 1 unspecified atom stereocenters. The number of rotatable bonds is 4. The van der Waals surface area contributed by atoms with Crippen LogP contribution in [0.3, 0.4) is 0 Å². The number of urea groups is 1. The van der Waals surface area contributed by atoms with Crippen molar-refractivity contribution in [3.05, 3.63) is 29.8 Å². The molecule has 3 heterocycles. The monoisotopic (exact) mass is 382 g/mol. The van der Waals surface area contributed by atoms with Crippen LogP contribution < -0.4 is 15.5 Å². The lowest BCUT2D eigenvalue weighted by atomic mass is 9.87. The highest BCUT2D eigenvalue weighted by Crippen LogP contribution is 2.44. The average Bonchev–Trinajstić information content (AvgIpc) is 3.51. The van der Waals surface area contributed by atoms with Gasteiger partial charge in [-0.1, -0.05) is 18.2 Å². The van der Waals surface area contributed by atoms with E-state index in [4.69, 9.17) is 0 Å². The Balaban J connectivity index is 1.23. The fourth-order valence-corrected chi connectivity index (χ4v) is 5.18. The van der Waals surface area contributed by atoms with Crippen molar-refractivity contribution in [3.8, 4) is 0 Å². The maximum atomic E-state index is 12.9. The molecule has 7 heteroatoms. The summed E-state index contributed by atoms with van der Waals surface area (Å²) in [5.74, 6) is -0.00701. The Bertz CT molecular complexity index is 837. The molecule has 0 radical (unpaired) electrons. The second-order valence-corrected chi connectivity index (χ2v) is 8.51. The summed E-state index contributed by atoms with van der Waals surface area (Å²) >= 11 is 0. The summed E-state index contributed by atoms with van der Waals surface area (Å²) in [6.45, 7) is 2.29. The van der Waals surface area contributed by atoms with Crippen LogP contribution in [-0.2, 0) is 16.0 Å². The number of nitrogens with one attached hydrogen (secondary N) is 2. The Morgan fingerprint density at radius 1 is 1.14 bits per heavy atom. The summed E-state index contributed by atoms with van der Waals surface area (Å²) in [7, 11) is 0. The zero-order valence-electron chi connectivity index (χ0n) is 15.9. The van der Waals surface area contributed by atoms with Gasteiger partial charge in [-0.3, -0.25) is 14.9 Å². The van der Waals surface area contributed by atoms with Crippen LogP contribution in [0.25, 0.3) is 0 Å². The Kier molecular flexibility index (Phi) is 4.07. The van der Waals surface area contributed by atoms with Crippen LogP contribution in [0.15, 0.2) is 24.3 Å². The van der Waals surface area contributed by atoms with Crippen LogP contribution >= 0.6 is 0 Å². The van der Waals surface area contributed by atoms with Crippen molar-refractivity contribution >= 4 is 23.5 Å². The van der Waals surface area contributed by atoms with E-state index < -0.39 is 11.6 Å². The maximum Gasteiger partial charge on any atom is 0.322 e. The van der Waals surface area contributed by atoms with Gasteiger partial charge in [-0.05, 0) is 49.7 Å². The van der Waals surface area contributed by atoms with Crippen molar-refractivity contribution in [3.63, 3.8) is 0 Å². The molecule has 0 spiro atoms. The summed E-state index contributed by atoms with van der Waals surface area (Å²) in [4.78, 5) is 41.3. The Hall–Kier alpha value is -2.57. The summed E-state index contributed by atoms with van der Waals surface area (Å²) in [6, 6.07) is 8.48. The number of anilines is 1. The zero-order valence-corrected chi connectivity index (χ0v) is 15.9. The second-order valence-electron chi connectivity index (χ2n) is 8.51. The number of hydrogen-bond donors (Lipinski definition) is 2. The lowest BCUT2D eigenvalue weighted by Crippen LogP contribution is -2.57. The molecule has 4 amide bonds. The topological polar surface area (TPSA) is 81.8 Å². The second kappa shape index (κ2) is 6.50. The molecule has 0 bridgehead atoms. The SMILES string of the molecule is O=C1NC(=O)[C@](CCC(=O)N2CCN3c4ccccc4CCC3C2)(C2CC2)N1. The van der Waals surface area contributed by atoms with Crippen LogP contribution in [0.5, 0.6) is 0 Å². The lowest BCUT2D eigenvalue weighted by Gasteiger charge is -2.46. The van der Waals surface area contributed by atoms with Crippen molar-refractivity contribution in [2.75, 3.05) is 24.5 Å². The van der Waals surface area contributed by atoms with Crippen molar-refractivity contribution in [1.82, 2.24) is 15.5 Å². The highest BCUT2D eigenvalue weighted by molar-refractivity contribution is 6.07. The van der Waals surface area contributed by atoms with Gasteiger partial charge in [0.15, 0.2) is 0 Å². The molecular weight excluding hydrogens is 356 g/mol. The van der Waals surface area contributed by atoms with Crippen LogP contribution in [0.2, 0.25) is 0 Å². The number of para-hydroxylation sites is 1. The standard InChI is InChI=1S/C21H26N4O3/c26-18(9-10-21(15-6-7-15)19(27)22-20(28)23-21)24-11-12-25-16(13-24)8-5-14-3-1-2-4-17(14)25/h1-4,15-16H,5-13H2,(H2,22,23,27,28)/t16?,21-/m0/s1. The Labute approximate surface area is 164 Å². The average molecular weight is 382 g/mol. The number of hydrogen-bond acceptors (Lipinski definition) is 4. The van der Waals surface area contributed by atoms with Crippen LogP contribution in [0, 0.1) is 5.92 Å². The first kappa shape index (κ1) is 17.5. The summed E-state index contributed by atoms with van der Waals surface area (Å²) < 4.78 is 0. The Morgan fingerprint density at radius 2 is 1.96 bits per heavy atom. The number of benzene rings is 1. The van der Waals surface area contributed by atoms with Crippen molar-refractivity contribution < 1.29 is 14.4 Å². The molecule has 2 N–H and O–H groups in total. The third-order valence-electron chi connectivity index (χ3n) is 6.86. The number of fused-ring (bicyclic) bond motifs is 3. The van der Waals surface area contributed by atoms with Gasteiger partial charge in [-0.2, -0.15) is 0 Å². The van der Waals surface area contributed by atoms with Gasteiger partial charge in [0, 0.05) is 37.8 Å². The largest absolute Gasteiger partial charge is 0.365 e. The molecule has 1 aliphatic carbocycles. The number of piperazine rings is 1. The number of imide groups is 1. The highest BCUT2D eigenvalue weighted by atomic mass is 16.2. The molecule has 28 heavy (non-hydrogen) atoms. The zero-order chi connectivity index (χ0) is 19.3. The van der Waals surface area contributed by atoms with E-state index >= 15 is 0 Å². The molecule has 1 saturated carbocycles. The first-order chi connectivity index (χ1) is 13.6. The maximum absolute atomic E-state index is 12.9. The number of amides is 4. The van der Waals surface area contributed by atoms with E-state index in [1.165, 1.54) is 11.3 Å². The van der Waals surface area contributed by atoms with Gasteiger partial charge in [0.05, 0.1) is 0 Å².